The number of aryl methyl sites for hydroxylation is 2. The zero-order chi connectivity index (χ0) is 13.1. The number of benzene rings is 2. The van der Waals surface area contributed by atoms with E-state index in [1.165, 1.54) is 0 Å². The van der Waals surface area contributed by atoms with Gasteiger partial charge in [0.25, 0.3) is 0 Å². The highest BCUT2D eigenvalue weighted by molar-refractivity contribution is 6.30. The van der Waals surface area contributed by atoms with Gasteiger partial charge < -0.3 is 5.21 Å². The van der Waals surface area contributed by atoms with Gasteiger partial charge in [0.2, 0.25) is 5.69 Å². The van der Waals surface area contributed by atoms with Gasteiger partial charge in [0.1, 0.15) is 0 Å². The Hall–Kier alpha value is -1.80. The van der Waals surface area contributed by atoms with Crippen LogP contribution in [0.1, 0.15) is 16.7 Å². The van der Waals surface area contributed by atoms with E-state index in [2.05, 4.69) is 0 Å². The summed E-state index contributed by atoms with van der Waals surface area (Å²) in [5.41, 5.74) is 3.63. The Morgan fingerprint density at radius 1 is 1.00 bits per heavy atom. The number of rotatable bonds is 2. The van der Waals surface area contributed by atoms with E-state index in [4.69, 9.17) is 11.6 Å². The SMILES string of the molecule is Cc1cc(C)cc([N+]([O-])=Cc2ccc(Cl)cc2)c1. The minimum Gasteiger partial charge on any atom is -0.618 e. The van der Waals surface area contributed by atoms with Crippen LogP contribution in [0.15, 0.2) is 42.5 Å². The van der Waals surface area contributed by atoms with Crippen molar-refractivity contribution < 1.29 is 4.74 Å². The molecule has 2 nitrogen and oxygen atoms in total. The van der Waals surface area contributed by atoms with E-state index in [0.29, 0.717) is 10.7 Å². The second-order valence-corrected chi connectivity index (χ2v) is 4.79. The van der Waals surface area contributed by atoms with Gasteiger partial charge in [-0.2, -0.15) is 4.74 Å². The summed E-state index contributed by atoms with van der Waals surface area (Å²) < 4.78 is 0.878. The Balaban J connectivity index is 2.35. The summed E-state index contributed by atoms with van der Waals surface area (Å²) in [6, 6.07) is 12.9. The van der Waals surface area contributed by atoms with E-state index in [9.17, 15) is 5.21 Å². The van der Waals surface area contributed by atoms with E-state index in [-0.39, 0.29) is 0 Å². The normalized spacial score (nSPS) is 11.6. The number of nitrogens with zero attached hydrogens (tertiary/aromatic N) is 1. The fraction of sp³-hybridized carbons (Fsp3) is 0.133. The molecule has 0 bridgehead atoms. The van der Waals surface area contributed by atoms with Crippen LogP contribution < -0.4 is 0 Å². The molecule has 0 radical (unpaired) electrons. The average Bonchev–Trinajstić information content (AvgIpc) is 2.31. The average molecular weight is 260 g/mol. The van der Waals surface area contributed by atoms with Crippen molar-refractivity contribution in [3.8, 4) is 0 Å². The smallest absolute Gasteiger partial charge is 0.217 e. The summed E-state index contributed by atoms with van der Waals surface area (Å²) in [7, 11) is 0. The van der Waals surface area contributed by atoms with Crippen molar-refractivity contribution in [2.75, 3.05) is 0 Å². The first-order valence-electron chi connectivity index (χ1n) is 5.70. The van der Waals surface area contributed by atoms with Crippen molar-refractivity contribution >= 4 is 23.5 Å². The van der Waals surface area contributed by atoms with Crippen LogP contribution in [0.2, 0.25) is 5.02 Å². The number of hydrogen-bond donors (Lipinski definition) is 0. The quantitative estimate of drug-likeness (QED) is 0.343. The second-order valence-electron chi connectivity index (χ2n) is 4.35. The van der Waals surface area contributed by atoms with Gasteiger partial charge in [-0.1, -0.05) is 17.7 Å². The molecule has 0 aliphatic heterocycles. The molecule has 0 amide bonds. The molecule has 2 aromatic rings. The topological polar surface area (TPSA) is 26.1 Å². The fourth-order valence-electron chi connectivity index (χ4n) is 1.84. The lowest BCUT2D eigenvalue weighted by atomic mass is 10.1. The maximum atomic E-state index is 12.0. The number of halogens is 1. The maximum absolute atomic E-state index is 12.0. The molecule has 0 unspecified atom stereocenters. The molecule has 0 saturated heterocycles. The number of hydrogen-bond acceptors (Lipinski definition) is 1. The van der Waals surface area contributed by atoms with Crippen LogP contribution in [-0.4, -0.2) is 11.0 Å². The molecule has 0 saturated carbocycles. The minimum atomic E-state index is 0.641. The van der Waals surface area contributed by atoms with E-state index in [0.717, 1.165) is 21.4 Å². The van der Waals surface area contributed by atoms with Gasteiger partial charge in [-0.3, -0.25) is 0 Å². The summed E-state index contributed by atoms with van der Waals surface area (Å²) >= 11 is 5.80. The Morgan fingerprint density at radius 3 is 2.11 bits per heavy atom. The van der Waals surface area contributed by atoms with Crippen LogP contribution in [0.3, 0.4) is 0 Å². The molecule has 0 aliphatic rings. The largest absolute Gasteiger partial charge is 0.618 e. The predicted molar refractivity (Wildman–Crippen MR) is 75.8 cm³/mol. The van der Waals surface area contributed by atoms with Gasteiger partial charge in [-0.05, 0) is 49.2 Å². The van der Waals surface area contributed by atoms with E-state index in [1.807, 2.05) is 44.2 Å². The first-order chi connectivity index (χ1) is 8.54. The third kappa shape index (κ3) is 3.11. The van der Waals surface area contributed by atoms with Gasteiger partial charge in [-0.15, -0.1) is 0 Å². The highest BCUT2D eigenvalue weighted by Gasteiger charge is 2.03. The molecule has 3 heteroatoms. The first-order valence-corrected chi connectivity index (χ1v) is 6.07. The highest BCUT2D eigenvalue weighted by atomic mass is 35.5. The molecular formula is C15H14ClNO. The van der Waals surface area contributed by atoms with Gasteiger partial charge in [0.15, 0.2) is 6.21 Å². The minimum absolute atomic E-state index is 0.641. The lowest BCUT2D eigenvalue weighted by molar-refractivity contribution is -0.354. The summed E-state index contributed by atoms with van der Waals surface area (Å²) in [6.07, 6.45) is 1.55. The molecule has 0 aliphatic carbocycles. The molecule has 0 atom stereocenters. The summed E-state index contributed by atoms with van der Waals surface area (Å²) in [6.45, 7) is 3.96. The van der Waals surface area contributed by atoms with Crippen molar-refractivity contribution in [2.45, 2.75) is 13.8 Å². The zero-order valence-corrected chi connectivity index (χ0v) is 11.1. The van der Waals surface area contributed by atoms with Crippen LogP contribution in [-0.2, 0) is 0 Å². The Morgan fingerprint density at radius 2 is 1.56 bits per heavy atom. The second kappa shape index (κ2) is 5.23. The lowest BCUT2D eigenvalue weighted by Crippen LogP contribution is -1.99. The molecule has 92 valence electrons. The molecule has 2 aromatic carbocycles. The summed E-state index contributed by atoms with van der Waals surface area (Å²) in [5, 5.41) is 12.7. The molecular weight excluding hydrogens is 246 g/mol. The summed E-state index contributed by atoms with van der Waals surface area (Å²) in [5.74, 6) is 0. The van der Waals surface area contributed by atoms with E-state index < -0.39 is 0 Å². The fourth-order valence-corrected chi connectivity index (χ4v) is 1.96. The van der Waals surface area contributed by atoms with E-state index in [1.54, 1.807) is 18.3 Å². The third-order valence-electron chi connectivity index (χ3n) is 2.60. The van der Waals surface area contributed by atoms with Crippen LogP contribution in [0, 0.1) is 19.1 Å². The Kier molecular flexibility index (Phi) is 3.68. The van der Waals surface area contributed by atoms with Crippen molar-refractivity contribution in [2.24, 2.45) is 0 Å². The predicted octanol–water partition coefficient (Wildman–Crippen LogP) is 4.22. The van der Waals surface area contributed by atoms with Crippen molar-refractivity contribution in [3.05, 3.63) is 69.4 Å². The maximum Gasteiger partial charge on any atom is 0.217 e. The summed E-state index contributed by atoms with van der Waals surface area (Å²) in [4.78, 5) is 0. The van der Waals surface area contributed by atoms with Gasteiger partial charge in [0, 0.05) is 22.7 Å². The Bertz CT molecular complexity index is 568. The van der Waals surface area contributed by atoms with Gasteiger partial charge in [0.05, 0.1) is 0 Å². The molecule has 0 fully saturated rings. The standard InChI is InChI=1S/C15H14ClNO/c1-11-7-12(2)9-15(8-11)17(18)10-13-3-5-14(16)6-4-13/h3-10H,1-2H3. The van der Waals surface area contributed by atoms with Crippen molar-refractivity contribution in [3.63, 3.8) is 0 Å². The van der Waals surface area contributed by atoms with Crippen molar-refractivity contribution in [1.29, 1.82) is 0 Å². The third-order valence-corrected chi connectivity index (χ3v) is 2.85. The van der Waals surface area contributed by atoms with Crippen LogP contribution >= 0.6 is 11.6 Å². The Labute approximate surface area is 112 Å². The molecule has 0 spiro atoms. The monoisotopic (exact) mass is 259 g/mol. The van der Waals surface area contributed by atoms with Crippen LogP contribution in [0.5, 0.6) is 0 Å². The lowest BCUT2D eigenvalue weighted by Gasteiger charge is -2.05. The van der Waals surface area contributed by atoms with Gasteiger partial charge in [-0.25, -0.2) is 0 Å². The first kappa shape index (κ1) is 12.7. The molecule has 0 aromatic heterocycles. The molecule has 18 heavy (non-hydrogen) atoms. The zero-order valence-electron chi connectivity index (χ0n) is 10.4. The van der Waals surface area contributed by atoms with Crippen LogP contribution in [0.25, 0.3) is 0 Å². The molecule has 2 rings (SSSR count). The molecule has 0 N–H and O–H groups in total. The highest BCUT2D eigenvalue weighted by Crippen LogP contribution is 2.16. The van der Waals surface area contributed by atoms with E-state index >= 15 is 0 Å². The van der Waals surface area contributed by atoms with Crippen LogP contribution in [0.4, 0.5) is 5.69 Å². The molecule has 0 heterocycles. The van der Waals surface area contributed by atoms with Gasteiger partial charge >= 0.3 is 0 Å². The van der Waals surface area contributed by atoms with Crippen molar-refractivity contribution in [1.82, 2.24) is 0 Å².